The number of rotatable bonds is 1. The fourth-order valence-electron chi connectivity index (χ4n) is 5.56. The van der Waals surface area contributed by atoms with E-state index in [0.717, 1.165) is 22.3 Å². The first kappa shape index (κ1) is 18.6. The number of carbonyl (C=O) groups excluding carboxylic acids is 2. The molecule has 0 spiro atoms. The van der Waals surface area contributed by atoms with Gasteiger partial charge in [-0.2, -0.15) is 0 Å². The first-order valence-corrected chi connectivity index (χ1v) is 11.2. The quantitative estimate of drug-likeness (QED) is 0.309. The number of carbonyl (C=O) groups is 2. The summed E-state index contributed by atoms with van der Waals surface area (Å²) in [6.45, 7) is 0. The molecule has 2 amide bonds. The van der Waals surface area contributed by atoms with Gasteiger partial charge in [0.2, 0.25) is 11.8 Å². The minimum atomic E-state index is -0.753. The Morgan fingerprint density at radius 2 is 1.40 bits per heavy atom. The molecule has 2 bridgehead atoms. The van der Waals surface area contributed by atoms with Crippen LogP contribution >= 0.6 is 39.1 Å². The van der Waals surface area contributed by atoms with Crippen LogP contribution in [0.25, 0.3) is 0 Å². The Bertz CT molecular complexity index is 1230. The van der Waals surface area contributed by atoms with Crippen molar-refractivity contribution in [1.82, 2.24) is 0 Å². The van der Waals surface area contributed by atoms with Crippen LogP contribution < -0.4 is 4.90 Å². The van der Waals surface area contributed by atoms with Crippen LogP contribution in [0.4, 0.5) is 5.69 Å². The number of imide groups is 1. The zero-order valence-corrected chi connectivity index (χ0v) is 18.6. The molecule has 0 radical (unpaired) electrons. The molecule has 3 aliphatic carbocycles. The van der Waals surface area contributed by atoms with Gasteiger partial charge in [0.15, 0.2) is 0 Å². The summed E-state index contributed by atoms with van der Waals surface area (Å²) in [6.07, 6.45) is 0. The normalized spacial score (nSPS) is 28.4. The average Bonchev–Trinajstić information content (AvgIpc) is 3.02. The molecule has 4 aliphatic rings. The Labute approximate surface area is 191 Å². The fraction of sp³-hybridized carbons (Fsp3) is 0.167. The molecule has 1 saturated heterocycles. The predicted molar refractivity (Wildman–Crippen MR) is 120 cm³/mol. The predicted octanol–water partition coefficient (Wildman–Crippen LogP) is 5.90. The number of hydrogen-bond acceptors (Lipinski definition) is 2. The van der Waals surface area contributed by atoms with E-state index >= 15 is 0 Å². The standard InChI is InChI=1S/C24H14BrCl2NO2/c25-24-15-7-3-1-5-13(15)19(14-6-2-4-8-16(14)24)20-21(24)23(30)28(22(20)29)12-9-10-17(26)18(27)11-12/h1-11,19-21H/t19?,20-,21+,24?/m1/s1. The topological polar surface area (TPSA) is 37.4 Å². The maximum Gasteiger partial charge on any atom is 0.239 e. The second-order valence-electron chi connectivity index (χ2n) is 7.98. The highest BCUT2D eigenvalue weighted by atomic mass is 79.9. The lowest BCUT2D eigenvalue weighted by molar-refractivity contribution is -0.122. The van der Waals surface area contributed by atoms with Gasteiger partial charge in [0.05, 0.1) is 31.9 Å². The first-order valence-electron chi connectivity index (χ1n) is 9.65. The molecule has 0 N–H and O–H groups in total. The summed E-state index contributed by atoms with van der Waals surface area (Å²) in [6, 6.07) is 21.1. The highest BCUT2D eigenvalue weighted by Gasteiger charge is 2.67. The molecule has 0 saturated carbocycles. The molecule has 148 valence electrons. The molecule has 3 aromatic carbocycles. The van der Waals surface area contributed by atoms with Crippen molar-refractivity contribution in [2.45, 2.75) is 10.2 Å². The van der Waals surface area contributed by atoms with Gasteiger partial charge in [-0.15, -0.1) is 0 Å². The summed E-state index contributed by atoms with van der Waals surface area (Å²) in [4.78, 5) is 28.8. The molecule has 2 atom stereocenters. The third-order valence-electron chi connectivity index (χ3n) is 6.68. The maximum atomic E-state index is 13.8. The van der Waals surface area contributed by atoms with E-state index in [2.05, 4.69) is 40.2 Å². The number of halogens is 3. The smallest absolute Gasteiger partial charge is 0.239 e. The van der Waals surface area contributed by atoms with Crippen molar-refractivity contribution in [2.24, 2.45) is 11.8 Å². The van der Waals surface area contributed by atoms with Crippen molar-refractivity contribution in [3.8, 4) is 0 Å². The zero-order valence-electron chi connectivity index (χ0n) is 15.5. The molecule has 3 nitrogen and oxygen atoms in total. The van der Waals surface area contributed by atoms with Crippen LogP contribution in [0.15, 0.2) is 66.7 Å². The molecule has 30 heavy (non-hydrogen) atoms. The van der Waals surface area contributed by atoms with E-state index in [9.17, 15) is 9.59 Å². The van der Waals surface area contributed by atoms with Crippen molar-refractivity contribution in [2.75, 3.05) is 4.90 Å². The lowest BCUT2D eigenvalue weighted by atomic mass is 9.55. The van der Waals surface area contributed by atoms with Crippen LogP contribution in [0.1, 0.15) is 28.2 Å². The third kappa shape index (κ3) is 2.12. The van der Waals surface area contributed by atoms with E-state index < -0.39 is 16.2 Å². The number of benzene rings is 3. The maximum absolute atomic E-state index is 13.8. The first-order chi connectivity index (χ1) is 14.4. The van der Waals surface area contributed by atoms with Crippen LogP contribution in [-0.2, 0) is 13.9 Å². The van der Waals surface area contributed by atoms with Gasteiger partial charge in [-0.25, -0.2) is 4.90 Å². The van der Waals surface area contributed by atoms with E-state index in [1.165, 1.54) is 4.90 Å². The van der Waals surface area contributed by atoms with Crippen molar-refractivity contribution in [1.29, 1.82) is 0 Å². The summed E-state index contributed by atoms with van der Waals surface area (Å²) in [5.41, 5.74) is 4.79. The van der Waals surface area contributed by atoms with Gasteiger partial charge in [0, 0.05) is 5.92 Å². The van der Waals surface area contributed by atoms with Crippen LogP contribution in [0.2, 0.25) is 10.0 Å². The number of anilines is 1. The Kier molecular flexibility index (Phi) is 3.84. The van der Waals surface area contributed by atoms with Crippen molar-refractivity contribution in [3.05, 3.63) is 99.0 Å². The van der Waals surface area contributed by atoms with Crippen molar-refractivity contribution < 1.29 is 9.59 Å². The molecule has 3 aromatic rings. The van der Waals surface area contributed by atoms with E-state index in [4.69, 9.17) is 23.2 Å². The van der Waals surface area contributed by atoms with Gasteiger partial charge in [0.25, 0.3) is 0 Å². The fourth-order valence-corrected chi connectivity index (χ4v) is 7.05. The molecule has 0 aromatic heterocycles. The average molecular weight is 499 g/mol. The number of hydrogen-bond donors (Lipinski definition) is 0. The van der Waals surface area contributed by atoms with Crippen LogP contribution in [-0.4, -0.2) is 11.8 Å². The zero-order chi connectivity index (χ0) is 20.8. The third-order valence-corrected chi connectivity index (χ3v) is 8.76. The number of amides is 2. The summed E-state index contributed by atoms with van der Waals surface area (Å²) >= 11 is 16.2. The monoisotopic (exact) mass is 497 g/mol. The van der Waals surface area contributed by atoms with Crippen LogP contribution in [0.3, 0.4) is 0 Å². The van der Waals surface area contributed by atoms with Crippen molar-refractivity contribution >= 4 is 56.6 Å². The van der Waals surface area contributed by atoms with E-state index in [1.54, 1.807) is 18.2 Å². The summed E-state index contributed by atoms with van der Waals surface area (Å²) < 4.78 is -0.753. The molecule has 1 aliphatic heterocycles. The molecule has 1 heterocycles. The molecular formula is C24H14BrCl2NO2. The Morgan fingerprint density at radius 3 is 2.00 bits per heavy atom. The van der Waals surface area contributed by atoms with Gasteiger partial charge in [0.1, 0.15) is 0 Å². The number of nitrogens with zero attached hydrogens (tertiary/aromatic N) is 1. The minimum Gasteiger partial charge on any atom is -0.274 e. The molecule has 6 heteroatoms. The van der Waals surface area contributed by atoms with Gasteiger partial charge < -0.3 is 0 Å². The lowest BCUT2D eigenvalue weighted by Gasteiger charge is -2.51. The van der Waals surface area contributed by atoms with Gasteiger partial charge in [-0.1, -0.05) is 87.7 Å². The van der Waals surface area contributed by atoms with E-state index in [-0.39, 0.29) is 17.7 Å². The Balaban J connectivity index is 1.60. The molecule has 1 fully saturated rings. The minimum absolute atomic E-state index is 0.161. The molecule has 7 rings (SSSR count). The Morgan fingerprint density at radius 1 is 0.800 bits per heavy atom. The van der Waals surface area contributed by atoms with Gasteiger partial charge in [-0.3, -0.25) is 9.59 Å². The van der Waals surface area contributed by atoms with Crippen LogP contribution in [0, 0.1) is 11.8 Å². The van der Waals surface area contributed by atoms with E-state index in [1.807, 2.05) is 24.3 Å². The highest BCUT2D eigenvalue weighted by molar-refractivity contribution is 9.09. The second kappa shape index (κ2) is 6.19. The Hall–Kier alpha value is -2.14. The summed E-state index contributed by atoms with van der Waals surface area (Å²) in [5.74, 6) is -1.58. The largest absolute Gasteiger partial charge is 0.274 e. The highest BCUT2D eigenvalue weighted by Crippen LogP contribution is 2.66. The number of alkyl halides is 1. The van der Waals surface area contributed by atoms with Crippen LogP contribution in [0.5, 0.6) is 0 Å². The SMILES string of the molecule is O=C1[C@@H]2C3c4ccccc4C(Br)(c4ccccc43)[C@@H]2C(=O)N1c1ccc(Cl)c(Cl)c1. The molecular weight excluding hydrogens is 485 g/mol. The lowest BCUT2D eigenvalue weighted by Crippen LogP contribution is -2.50. The van der Waals surface area contributed by atoms with E-state index in [0.29, 0.717) is 15.7 Å². The van der Waals surface area contributed by atoms with Gasteiger partial charge in [-0.05, 0) is 40.5 Å². The summed E-state index contributed by atoms with van der Waals surface area (Å²) in [7, 11) is 0. The van der Waals surface area contributed by atoms with Gasteiger partial charge >= 0.3 is 0 Å². The van der Waals surface area contributed by atoms with Crippen molar-refractivity contribution in [3.63, 3.8) is 0 Å². The summed E-state index contributed by atoms with van der Waals surface area (Å²) in [5, 5.41) is 0.696. The molecule has 0 unspecified atom stereocenters. The second-order valence-corrected chi connectivity index (χ2v) is 10.0.